The van der Waals surface area contributed by atoms with Gasteiger partial charge in [-0.05, 0) is 19.1 Å². The number of hydrogen-bond donors (Lipinski definition) is 2. The Morgan fingerprint density at radius 1 is 1.47 bits per heavy atom. The minimum Gasteiger partial charge on any atom is -0.478 e. The van der Waals surface area contributed by atoms with Crippen LogP contribution in [0.15, 0.2) is 18.2 Å². The molecule has 0 aliphatic carbocycles. The zero-order valence-electron chi connectivity index (χ0n) is 10.0. The highest BCUT2D eigenvalue weighted by molar-refractivity contribution is 6.06. The molecule has 1 heterocycles. The molecule has 2 N–H and O–H groups in total. The first-order valence-corrected chi connectivity index (χ1v) is 5.54. The van der Waals surface area contributed by atoms with E-state index in [1.165, 1.54) is 24.0 Å². The molecular weight excluding hydrogens is 255 g/mol. The Balaban J connectivity index is 2.52. The Bertz CT molecular complexity index is 573. The van der Waals surface area contributed by atoms with Crippen molar-refractivity contribution in [3.63, 3.8) is 0 Å². The van der Waals surface area contributed by atoms with E-state index in [1.54, 1.807) is 0 Å². The van der Waals surface area contributed by atoms with Crippen molar-refractivity contribution in [2.75, 3.05) is 11.4 Å². The van der Waals surface area contributed by atoms with Crippen LogP contribution in [0.4, 0.5) is 10.1 Å². The lowest BCUT2D eigenvalue weighted by Crippen LogP contribution is -2.57. The molecule has 19 heavy (non-hydrogen) atoms. The molecule has 1 unspecified atom stereocenters. The van der Waals surface area contributed by atoms with Crippen LogP contribution in [-0.4, -0.2) is 35.5 Å². The molecule has 100 valence electrons. The highest BCUT2D eigenvalue weighted by Crippen LogP contribution is 2.26. The van der Waals surface area contributed by atoms with Crippen molar-refractivity contribution in [2.24, 2.45) is 0 Å². The van der Waals surface area contributed by atoms with Crippen molar-refractivity contribution in [3.05, 3.63) is 29.6 Å². The maximum Gasteiger partial charge on any atom is 0.340 e. The SMILES string of the molecule is CC1C(=O)NC(=O)CN1c1cccc(F)c1C(=O)O. The van der Waals surface area contributed by atoms with Crippen LogP contribution in [0.2, 0.25) is 0 Å². The van der Waals surface area contributed by atoms with Gasteiger partial charge < -0.3 is 10.0 Å². The van der Waals surface area contributed by atoms with Crippen molar-refractivity contribution in [2.45, 2.75) is 13.0 Å². The number of carboxylic acids is 1. The second kappa shape index (κ2) is 4.68. The summed E-state index contributed by atoms with van der Waals surface area (Å²) in [6.07, 6.45) is 0. The second-order valence-electron chi connectivity index (χ2n) is 4.16. The zero-order chi connectivity index (χ0) is 14.2. The summed E-state index contributed by atoms with van der Waals surface area (Å²) in [5.41, 5.74) is -0.528. The molecule has 0 aromatic heterocycles. The van der Waals surface area contributed by atoms with Gasteiger partial charge in [-0.1, -0.05) is 6.07 Å². The Morgan fingerprint density at radius 3 is 2.79 bits per heavy atom. The molecule has 2 rings (SSSR count). The van der Waals surface area contributed by atoms with Gasteiger partial charge in [0.25, 0.3) is 0 Å². The van der Waals surface area contributed by atoms with Crippen molar-refractivity contribution < 1.29 is 23.9 Å². The average Bonchev–Trinajstić information content (AvgIpc) is 2.33. The zero-order valence-corrected chi connectivity index (χ0v) is 10.0. The fourth-order valence-electron chi connectivity index (χ4n) is 1.97. The Morgan fingerprint density at radius 2 is 2.16 bits per heavy atom. The number of carbonyl (C=O) groups is 3. The normalized spacial score (nSPS) is 19.3. The monoisotopic (exact) mass is 266 g/mol. The molecule has 0 spiro atoms. The third-order valence-electron chi connectivity index (χ3n) is 2.94. The van der Waals surface area contributed by atoms with Gasteiger partial charge >= 0.3 is 5.97 Å². The molecule has 7 heteroatoms. The molecule has 1 aromatic rings. The summed E-state index contributed by atoms with van der Waals surface area (Å²) in [7, 11) is 0. The number of halogens is 1. The van der Waals surface area contributed by atoms with Crippen molar-refractivity contribution in [1.82, 2.24) is 5.32 Å². The van der Waals surface area contributed by atoms with E-state index in [9.17, 15) is 18.8 Å². The molecule has 1 aliphatic heterocycles. The van der Waals surface area contributed by atoms with Gasteiger partial charge in [0.2, 0.25) is 11.8 Å². The number of aromatic carboxylic acids is 1. The summed E-state index contributed by atoms with van der Waals surface area (Å²) in [5.74, 6) is -3.45. The Kier molecular flexibility index (Phi) is 3.20. The van der Waals surface area contributed by atoms with Gasteiger partial charge in [0.1, 0.15) is 17.4 Å². The Hall–Kier alpha value is -2.44. The number of piperazine rings is 1. The molecule has 6 nitrogen and oxygen atoms in total. The van der Waals surface area contributed by atoms with Crippen LogP contribution in [0.25, 0.3) is 0 Å². The van der Waals surface area contributed by atoms with E-state index < -0.39 is 35.2 Å². The predicted octanol–water partition coefficient (Wildman–Crippen LogP) is 0.375. The molecule has 1 saturated heterocycles. The summed E-state index contributed by atoms with van der Waals surface area (Å²) in [4.78, 5) is 35.3. The molecule has 0 bridgehead atoms. The third kappa shape index (κ3) is 2.26. The first-order valence-electron chi connectivity index (χ1n) is 5.54. The average molecular weight is 266 g/mol. The number of nitrogens with zero attached hydrogens (tertiary/aromatic N) is 1. The first-order chi connectivity index (χ1) is 8.91. The fraction of sp³-hybridized carbons (Fsp3) is 0.250. The lowest BCUT2D eigenvalue weighted by Gasteiger charge is -2.34. The topological polar surface area (TPSA) is 86.7 Å². The molecular formula is C12H11FN2O4. The number of nitrogens with one attached hydrogen (secondary N) is 1. The maximum atomic E-state index is 13.6. The summed E-state index contributed by atoms with van der Waals surface area (Å²) in [5, 5.41) is 11.2. The smallest absolute Gasteiger partial charge is 0.340 e. The molecule has 1 aliphatic rings. The molecule has 0 radical (unpaired) electrons. The van der Waals surface area contributed by atoms with Gasteiger partial charge in [0, 0.05) is 0 Å². The summed E-state index contributed by atoms with van der Waals surface area (Å²) >= 11 is 0. The fourth-order valence-corrected chi connectivity index (χ4v) is 1.97. The van der Waals surface area contributed by atoms with Gasteiger partial charge in [-0.2, -0.15) is 0 Å². The van der Waals surface area contributed by atoms with E-state index in [-0.39, 0.29) is 12.2 Å². The number of amides is 2. The van der Waals surface area contributed by atoms with E-state index in [0.717, 1.165) is 6.07 Å². The van der Waals surface area contributed by atoms with Crippen LogP contribution >= 0.6 is 0 Å². The van der Waals surface area contributed by atoms with E-state index in [1.807, 2.05) is 0 Å². The van der Waals surface area contributed by atoms with E-state index in [4.69, 9.17) is 5.11 Å². The maximum absolute atomic E-state index is 13.6. The van der Waals surface area contributed by atoms with E-state index in [0.29, 0.717) is 0 Å². The molecule has 2 amide bonds. The Labute approximate surface area is 107 Å². The summed E-state index contributed by atoms with van der Waals surface area (Å²) in [6, 6.07) is 2.97. The number of rotatable bonds is 2. The number of benzene rings is 1. The number of carboxylic acid groups (broad SMARTS) is 1. The molecule has 1 fully saturated rings. The van der Waals surface area contributed by atoms with Crippen LogP contribution < -0.4 is 10.2 Å². The highest BCUT2D eigenvalue weighted by atomic mass is 19.1. The number of anilines is 1. The minimum absolute atomic E-state index is 0.0169. The molecule has 1 aromatic carbocycles. The minimum atomic E-state index is -1.45. The second-order valence-corrected chi connectivity index (χ2v) is 4.16. The highest BCUT2D eigenvalue weighted by Gasteiger charge is 2.33. The lowest BCUT2D eigenvalue weighted by atomic mass is 10.1. The van der Waals surface area contributed by atoms with Gasteiger partial charge in [-0.3, -0.25) is 14.9 Å². The largest absolute Gasteiger partial charge is 0.478 e. The quantitative estimate of drug-likeness (QED) is 0.755. The number of hydrogen-bond acceptors (Lipinski definition) is 4. The first kappa shape index (κ1) is 13.0. The number of carbonyl (C=O) groups excluding carboxylic acids is 2. The third-order valence-corrected chi connectivity index (χ3v) is 2.94. The van der Waals surface area contributed by atoms with Crippen molar-refractivity contribution >= 4 is 23.5 Å². The molecule has 0 saturated carbocycles. The lowest BCUT2D eigenvalue weighted by molar-refractivity contribution is -0.132. The van der Waals surface area contributed by atoms with Gasteiger partial charge in [-0.25, -0.2) is 9.18 Å². The van der Waals surface area contributed by atoms with Crippen LogP contribution in [0.1, 0.15) is 17.3 Å². The van der Waals surface area contributed by atoms with Crippen LogP contribution in [-0.2, 0) is 9.59 Å². The van der Waals surface area contributed by atoms with Gasteiger partial charge in [-0.15, -0.1) is 0 Å². The predicted molar refractivity (Wildman–Crippen MR) is 63.3 cm³/mol. The molecule has 1 atom stereocenters. The van der Waals surface area contributed by atoms with E-state index >= 15 is 0 Å². The van der Waals surface area contributed by atoms with Crippen LogP contribution in [0.3, 0.4) is 0 Å². The van der Waals surface area contributed by atoms with Gasteiger partial charge in [0.15, 0.2) is 0 Å². The van der Waals surface area contributed by atoms with Crippen molar-refractivity contribution in [1.29, 1.82) is 0 Å². The standard InChI is InChI=1S/C12H11FN2O4/c1-6-11(17)14-9(16)5-15(6)8-4-2-3-7(13)10(8)12(18)19/h2-4,6H,5H2,1H3,(H,18,19)(H,14,16,17). The summed E-state index contributed by atoms with van der Waals surface area (Å²) in [6.45, 7) is 1.31. The summed E-state index contributed by atoms with van der Waals surface area (Å²) < 4.78 is 13.6. The van der Waals surface area contributed by atoms with Crippen LogP contribution in [0.5, 0.6) is 0 Å². The van der Waals surface area contributed by atoms with Crippen LogP contribution in [0, 0.1) is 5.82 Å². The van der Waals surface area contributed by atoms with Gasteiger partial charge in [0.05, 0.1) is 12.2 Å². The van der Waals surface area contributed by atoms with Crippen molar-refractivity contribution in [3.8, 4) is 0 Å². The number of imide groups is 1. The van der Waals surface area contributed by atoms with E-state index in [2.05, 4.69) is 5.32 Å².